The highest BCUT2D eigenvalue weighted by Crippen LogP contribution is 2.27. The number of hydrogen-bond donors (Lipinski definition) is 1. The molecule has 0 spiro atoms. The van der Waals surface area contributed by atoms with E-state index in [1.165, 1.54) is 0 Å². The van der Waals surface area contributed by atoms with E-state index in [0.29, 0.717) is 10.6 Å². The van der Waals surface area contributed by atoms with Gasteiger partial charge in [-0.2, -0.15) is 0 Å². The molecule has 114 valence electrons. The summed E-state index contributed by atoms with van der Waals surface area (Å²) < 4.78 is 10.1. The van der Waals surface area contributed by atoms with Crippen molar-refractivity contribution in [3.05, 3.63) is 47.0 Å². The first-order valence-electron chi connectivity index (χ1n) is 6.17. The Morgan fingerprint density at radius 3 is 2.19 bits per heavy atom. The van der Waals surface area contributed by atoms with Crippen LogP contribution in [0.3, 0.4) is 0 Å². The molecule has 0 aliphatic heterocycles. The monoisotopic (exact) mass is 312 g/mol. The number of carbonyl (C=O) groups is 2. The highest BCUT2D eigenvalue weighted by atomic mass is 35.5. The van der Waals surface area contributed by atoms with Crippen molar-refractivity contribution in [3.8, 4) is 0 Å². The number of carboxylic acids is 1. The maximum atomic E-state index is 11.7. The maximum absolute atomic E-state index is 11.7. The summed E-state index contributed by atoms with van der Waals surface area (Å²) in [7, 11) is 0. The molecule has 0 fully saturated rings. The number of carboxylic acid groups (broad SMARTS) is 1. The molecule has 0 heterocycles. The average Bonchev–Trinajstić information content (AvgIpc) is 2.34. The van der Waals surface area contributed by atoms with Crippen LogP contribution >= 0.6 is 11.6 Å². The molecule has 0 aromatic heterocycles. The summed E-state index contributed by atoms with van der Waals surface area (Å²) in [5.74, 6) is -1.27. The Bertz CT molecular complexity index is 542. The summed E-state index contributed by atoms with van der Waals surface area (Å²) in [4.78, 5) is 22.8. The Hall–Kier alpha value is -2.01. The Morgan fingerprint density at radius 1 is 1.24 bits per heavy atom. The van der Waals surface area contributed by atoms with Gasteiger partial charge >= 0.3 is 12.1 Å². The van der Waals surface area contributed by atoms with Gasteiger partial charge in [0.05, 0.1) is 5.57 Å². The van der Waals surface area contributed by atoms with Gasteiger partial charge in [0.15, 0.2) is 6.10 Å². The lowest BCUT2D eigenvalue weighted by molar-refractivity contribution is -0.134. The van der Waals surface area contributed by atoms with Crippen LogP contribution < -0.4 is 0 Å². The lowest BCUT2D eigenvalue weighted by Crippen LogP contribution is -2.26. The standard InChI is InChI=1S/C15H17ClO5/c1-9(13(17)18)12(10-5-7-11(16)8-6-10)20-14(19)21-15(2,3)4/h5-8,12H,1H2,2-4H3,(H,17,18). The Labute approximate surface area is 128 Å². The van der Waals surface area contributed by atoms with E-state index in [4.69, 9.17) is 26.2 Å². The van der Waals surface area contributed by atoms with Gasteiger partial charge in [-0.05, 0) is 38.5 Å². The summed E-state index contributed by atoms with van der Waals surface area (Å²) in [5.41, 5.74) is -0.576. The normalized spacial score (nSPS) is 12.4. The Morgan fingerprint density at radius 2 is 1.76 bits per heavy atom. The first-order valence-corrected chi connectivity index (χ1v) is 6.55. The number of carbonyl (C=O) groups excluding carboxylic acids is 1. The van der Waals surface area contributed by atoms with Gasteiger partial charge in [0.25, 0.3) is 0 Å². The third-order valence-electron chi connectivity index (χ3n) is 2.37. The predicted molar refractivity (Wildman–Crippen MR) is 78.3 cm³/mol. The third-order valence-corrected chi connectivity index (χ3v) is 2.62. The van der Waals surface area contributed by atoms with Crippen LogP contribution in [0.25, 0.3) is 0 Å². The van der Waals surface area contributed by atoms with Crippen LogP contribution in [0.2, 0.25) is 5.02 Å². The molecule has 0 aliphatic carbocycles. The van der Waals surface area contributed by atoms with E-state index in [0.717, 1.165) is 0 Å². The summed E-state index contributed by atoms with van der Waals surface area (Å²) in [6.45, 7) is 8.47. The average molecular weight is 313 g/mol. The maximum Gasteiger partial charge on any atom is 0.509 e. The zero-order chi connectivity index (χ0) is 16.2. The molecule has 0 amide bonds. The molecule has 1 atom stereocenters. The highest BCUT2D eigenvalue weighted by Gasteiger charge is 2.27. The fourth-order valence-corrected chi connectivity index (χ4v) is 1.59. The van der Waals surface area contributed by atoms with Crippen LogP contribution in [0, 0.1) is 0 Å². The van der Waals surface area contributed by atoms with Gasteiger partial charge in [-0.3, -0.25) is 0 Å². The summed E-state index contributed by atoms with van der Waals surface area (Å²) in [6.07, 6.45) is -2.11. The highest BCUT2D eigenvalue weighted by molar-refractivity contribution is 6.30. The second kappa shape index (κ2) is 6.63. The van der Waals surface area contributed by atoms with E-state index in [9.17, 15) is 9.59 Å². The molecule has 1 unspecified atom stereocenters. The van der Waals surface area contributed by atoms with Crippen molar-refractivity contribution in [2.45, 2.75) is 32.5 Å². The van der Waals surface area contributed by atoms with Crippen LogP contribution in [-0.2, 0) is 14.3 Å². The molecule has 0 bridgehead atoms. The molecular weight excluding hydrogens is 296 g/mol. The van der Waals surface area contributed by atoms with E-state index in [1.807, 2.05) is 0 Å². The van der Waals surface area contributed by atoms with Gasteiger partial charge < -0.3 is 14.6 Å². The Kier molecular flexibility index (Phi) is 5.38. The molecule has 0 saturated carbocycles. The largest absolute Gasteiger partial charge is 0.509 e. The molecule has 1 rings (SSSR count). The molecule has 21 heavy (non-hydrogen) atoms. The van der Waals surface area contributed by atoms with Crippen molar-refractivity contribution in [2.24, 2.45) is 0 Å². The van der Waals surface area contributed by atoms with Crippen LogP contribution in [0.1, 0.15) is 32.4 Å². The second-order valence-electron chi connectivity index (χ2n) is 5.34. The van der Waals surface area contributed by atoms with E-state index < -0.39 is 23.8 Å². The summed E-state index contributed by atoms with van der Waals surface area (Å²) in [6, 6.07) is 6.26. The van der Waals surface area contributed by atoms with Crippen LogP contribution in [0.15, 0.2) is 36.4 Å². The van der Waals surface area contributed by atoms with Gasteiger partial charge in [0.1, 0.15) is 5.60 Å². The molecule has 0 radical (unpaired) electrons. The minimum atomic E-state index is -1.27. The van der Waals surface area contributed by atoms with Crippen molar-refractivity contribution in [1.82, 2.24) is 0 Å². The fraction of sp³-hybridized carbons (Fsp3) is 0.333. The van der Waals surface area contributed by atoms with Crippen molar-refractivity contribution in [3.63, 3.8) is 0 Å². The number of ether oxygens (including phenoxy) is 2. The topological polar surface area (TPSA) is 72.8 Å². The van der Waals surface area contributed by atoms with Gasteiger partial charge in [0.2, 0.25) is 0 Å². The fourth-order valence-electron chi connectivity index (χ4n) is 1.46. The van der Waals surface area contributed by atoms with Gasteiger partial charge in [-0.15, -0.1) is 0 Å². The minimum absolute atomic E-state index is 0.275. The molecule has 1 aromatic carbocycles. The molecular formula is C15H17ClO5. The molecule has 0 saturated heterocycles. The number of halogens is 1. The molecule has 0 aliphatic rings. The quantitative estimate of drug-likeness (QED) is 0.672. The number of hydrogen-bond acceptors (Lipinski definition) is 4. The summed E-state index contributed by atoms with van der Waals surface area (Å²) >= 11 is 5.78. The second-order valence-corrected chi connectivity index (χ2v) is 5.78. The minimum Gasteiger partial charge on any atom is -0.478 e. The zero-order valence-corrected chi connectivity index (χ0v) is 12.8. The lowest BCUT2D eigenvalue weighted by Gasteiger charge is -2.23. The van der Waals surface area contributed by atoms with Crippen molar-refractivity contribution in [2.75, 3.05) is 0 Å². The number of aliphatic carboxylic acids is 1. The SMILES string of the molecule is C=C(C(=O)O)C(OC(=O)OC(C)(C)C)c1ccc(Cl)cc1. The van der Waals surface area contributed by atoms with E-state index in [1.54, 1.807) is 45.0 Å². The predicted octanol–water partition coefficient (Wildman–Crippen LogP) is 3.97. The molecule has 1 N–H and O–H groups in total. The molecule has 1 aromatic rings. The first-order chi connectivity index (χ1) is 9.60. The van der Waals surface area contributed by atoms with Crippen molar-refractivity contribution >= 4 is 23.7 Å². The smallest absolute Gasteiger partial charge is 0.478 e. The van der Waals surface area contributed by atoms with E-state index >= 15 is 0 Å². The Balaban J connectivity index is 2.98. The van der Waals surface area contributed by atoms with Gasteiger partial charge in [0, 0.05) is 5.02 Å². The van der Waals surface area contributed by atoms with E-state index in [-0.39, 0.29) is 5.57 Å². The number of benzene rings is 1. The molecule has 6 heteroatoms. The van der Waals surface area contributed by atoms with Crippen LogP contribution in [0.4, 0.5) is 4.79 Å². The van der Waals surface area contributed by atoms with Crippen LogP contribution in [0.5, 0.6) is 0 Å². The van der Waals surface area contributed by atoms with Gasteiger partial charge in [-0.25, -0.2) is 9.59 Å². The third kappa shape index (κ3) is 5.47. The van der Waals surface area contributed by atoms with Crippen LogP contribution in [-0.4, -0.2) is 22.8 Å². The first kappa shape index (κ1) is 17.0. The number of rotatable bonds is 4. The lowest BCUT2D eigenvalue weighted by atomic mass is 10.0. The van der Waals surface area contributed by atoms with Crippen molar-refractivity contribution < 1.29 is 24.2 Å². The summed E-state index contributed by atoms with van der Waals surface area (Å²) in [5, 5.41) is 9.54. The van der Waals surface area contributed by atoms with Gasteiger partial charge in [-0.1, -0.05) is 30.3 Å². The van der Waals surface area contributed by atoms with E-state index in [2.05, 4.69) is 6.58 Å². The molecule has 5 nitrogen and oxygen atoms in total. The zero-order valence-electron chi connectivity index (χ0n) is 12.1. The van der Waals surface area contributed by atoms with Crippen molar-refractivity contribution in [1.29, 1.82) is 0 Å².